The summed E-state index contributed by atoms with van der Waals surface area (Å²) in [7, 11) is 1.62. The second kappa shape index (κ2) is 12.6. The number of carbonyl (C=O) groups excluding carboxylic acids is 1. The number of unbranched alkanes of at least 4 members (excludes halogenated alkanes) is 2. The number of amides is 1. The third-order valence-corrected chi connectivity index (χ3v) is 4.61. The molecular weight excluding hydrogens is 372 g/mol. The van der Waals surface area contributed by atoms with Crippen LogP contribution in [0.5, 0.6) is 5.75 Å². The molecule has 0 unspecified atom stereocenters. The summed E-state index contributed by atoms with van der Waals surface area (Å²) in [6.45, 7) is 0.640. The van der Waals surface area contributed by atoms with Crippen LogP contribution in [0.2, 0.25) is 0 Å². The van der Waals surface area contributed by atoms with Crippen molar-refractivity contribution in [3.8, 4) is 5.75 Å². The number of nitroso groups, excluding NO2 is 1. The van der Waals surface area contributed by atoms with E-state index in [0.717, 1.165) is 28.9 Å². The first-order chi connectivity index (χ1) is 14.1. The van der Waals surface area contributed by atoms with Gasteiger partial charge in [-0.1, -0.05) is 43.2 Å². The number of para-hydroxylation sites is 1. The summed E-state index contributed by atoms with van der Waals surface area (Å²) >= 11 is 0. The molecule has 7 heteroatoms. The summed E-state index contributed by atoms with van der Waals surface area (Å²) in [6.07, 6.45) is 3.08. The largest absolute Gasteiger partial charge is 0.497 e. The molecule has 1 amide bonds. The minimum Gasteiger partial charge on any atom is -0.497 e. The molecule has 0 bridgehead atoms. The van der Waals surface area contributed by atoms with E-state index in [-0.39, 0.29) is 25.0 Å². The third-order valence-electron chi connectivity index (χ3n) is 4.61. The maximum Gasteiger partial charge on any atom is 0.256 e. The van der Waals surface area contributed by atoms with Gasteiger partial charge in [-0.3, -0.25) is 10.0 Å². The van der Waals surface area contributed by atoms with E-state index in [0.29, 0.717) is 25.1 Å². The lowest BCUT2D eigenvalue weighted by Crippen LogP contribution is -2.24. The van der Waals surface area contributed by atoms with E-state index in [1.54, 1.807) is 24.7 Å². The molecule has 2 aromatic rings. The lowest BCUT2D eigenvalue weighted by molar-refractivity contribution is -0.476. The van der Waals surface area contributed by atoms with Crippen molar-refractivity contribution in [2.75, 3.05) is 13.7 Å². The number of methoxy groups -OCH3 is 1. The SMILES string of the molecule is COc1ccc(CO[C@@H](CCCCCC(=O)NO)C[N+](=O)c2ccccc2)cc1. The van der Waals surface area contributed by atoms with Crippen LogP contribution in [0.15, 0.2) is 54.6 Å². The predicted octanol–water partition coefficient (Wildman–Crippen LogP) is 4.15. The number of ether oxygens (including phenoxy) is 2. The van der Waals surface area contributed by atoms with Gasteiger partial charge < -0.3 is 9.47 Å². The Hall–Kier alpha value is -2.77. The second-order valence-electron chi connectivity index (χ2n) is 6.81. The zero-order valence-corrected chi connectivity index (χ0v) is 16.8. The summed E-state index contributed by atoms with van der Waals surface area (Å²) in [5.74, 6) is 0.402. The maximum atomic E-state index is 12.5. The fraction of sp³-hybridized carbons (Fsp3) is 0.409. The minimum absolute atomic E-state index is 0.233. The van der Waals surface area contributed by atoms with Crippen molar-refractivity contribution in [1.82, 2.24) is 5.48 Å². The zero-order valence-electron chi connectivity index (χ0n) is 16.8. The number of hydrogen-bond acceptors (Lipinski definition) is 5. The summed E-state index contributed by atoms with van der Waals surface area (Å²) < 4.78 is 12.2. The van der Waals surface area contributed by atoms with Crippen molar-refractivity contribution in [3.63, 3.8) is 0 Å². The van der Waals surface area contributed by atoms with E-state index in [9.17, 15) is 9.70 Å². The normalized spacial score (nSPS) is 11.7. The quantitative estimate of drug-likeness (QED) is 0.228. The molecular formula is C22H29N2O5+. The Labute approximate surface area is 171 Å². The highest BCUT2D eigenvalue weighted by molar-refractivity contribution is 5.74. The molecule has 0 radical (unpaired) electrons. The Morgan fingerprint density at radius 2 is 1.79 bits per heavy atom. The molecule has 0 saturated heterocycles. The number of carbonyl (C=O) groups is 1. The Kier molecular flexibility index (Phi) is 9.82. The van der Waals surface area contributed by atoms with Crippen molar-refractivity contribution < 1.29 is 24.2 Å². The third kappa shape index (κ3) is 8.41. The molecule has 2 N–H and O–H groups in total. The Morgan fingerprint density at radius 1 is 1.07 bits per heavy atom. The maximum absolute atomic E-state index is 12.5. The summed E-state index contributed by atoms with van der Waals surface area (Å²) in [5.41, 5.74) is 3.24. The molecule has 29 heavy (non-hydrogen) atoms. The van der Waals surface area contributed by atoms with Crippen LogP contribution in [0.3, 0.4) is 0 Å². The standard InChI is InChI=1S/C22H28N2O5/c1-28-20-14-12-18(13-15-20)17-29-21(10-6-3-7-11-22(25)23-26)16-24(27)19-8-4-2-5-9-19/h2,4-5,8-9,12-15,21H,3,6-7,10-11,16-17H2,1H3,(H-,23,25,26)/p+1/t21-/m0/s1. The topological polar surface area (TPSA) is 87.9 Å². The summed E-state index contributed by atoms with van der Waals surface area (Å²) in [5, 5.41) is 8.53. The van der Waals surface area contributed by atoms with Gasteiger partial charge in [0.15, 0.2) is 0 Å². The monoisotopic (exact) mass is 401 g/mol. The van der Waals surface area contributed by atoms with Crippen LogP contribution in [0.25, 0.3) is 0 Å². The van der Waals surface area contributed by atoms with Crippen LogP contribution in [-0.4, -0.2) is 35.6 Å². The second-order valence-corrected chi connectivity index (χ2v) is 6.81. The van der Waals surface area contributed by atoms with Crippen molar-refractivity contribution in [3.05, 3.63) is 65.1 Å². The molecule has 2 aromatic carbocycles. The highest BCUT2D eigenvalue weighted by Gasteiger charge is 2.22. The highest BCUT2D eigenvalue weighted by atomic mass is 16.5. The van der Waals surface area contributed by atoms with Gasteiger partial charge in [0.05, 0.1) is 13.7 Å². The first-order valence-corrected chi connectivity index (χ1v) is 9.79. The number of nitrogens with one attached hydrogen (secondary N) is 1. The number of benzene rings is 2. The van der Waals surface area contributed by atoms with Gasteiger partial charge >= 0.3 is 0 Å². The Bertz CT molecular complexity index is 750. The van der Waals surface area contributed by atoms with Gasteiger partial charge in [-0.25, -0.2) is 5.48 Å². The van der Waals surface area contributed by atoms with E-state index < -0.39 is 0 Å². The number of hydroxylamine groups is 1. The summed E-state index contributed by atoms with van der Waals surface area (Å²) in [6, 6.07) is 16.7. The van der Waals surface area contributed by atoms with Crippen LogP contribution in [0.4, 0.5) is 5.69 Å². The molecule has 7 nitrogen and oxygen atoms in total. The smallest absolute Gasteiger partial charge is 0.256 e. The zero-order chi connectivity index (χ0) is 20.9. The lowest BCUT2D eigenvalue weighted by atomic mass is 10.1. The molecule has 0 aromatic heterocycles. The van der Waals surface area contributed by atoms with Crippen molar-refractivity contribution in [1.29, 1.82) is 0 Å². The van der Waals surface area contributed by atoms with Crippen LogP contribution in [0, 0.1) is 4.91 Å². The van der Waals surface area contributed by atoms with Crippen LogP contribution >= 0.6 is 0 Å². The fourth-order valence-electron chi connectivity index (χ4n) is 2.94. The number of rotatable bonds is 13. The van der Waals surface area contributed by atoms with Gasteiger partial charge in [-0.15, -0.1) is 0 Å². The van der Waals surface area contributed by atoms with Crippen LogP contribution in [0.1, 0.15) is 37.7 Å². The first kappa shape index (κ1) is 22.5. The molecule has 0 aliphatic heterocycles. The van der Waals surface area contributed by atoms with Gasteiger partial charge in [-0.05, 0) is 30.5 Å². The molecule has 0 heterocycles. The highest BCUT2D eigenvalue weighted by Crippen LogP contribution is 2.17. The van der Waals surface area contributed by atoms with E-state index in [1.807, 2.05) is 42.5 Å². The molecule has 1 atom stereocenters. The molecule has 2 rings (SSSR count). The van der Waals surface area contributed by atoms with Crippen molar-refractivity contribution >= 4 is 11.6 Å². The minimum atomic E-state index is -0.382. The van der Waals surface area contributed by atoms with E-state index in [2.05, 4.69) is 0 Å². The van der Waals surface area contributed by atoms with Crippen molar-refractivity contribution in [2.45, 2.75) is 44.8 Å². The van der Waals surface area contributed by atoms with Gasteiger partial charge in [0.1, 0.15) is 11.9 Å². The average molecular weight is 401 g/mol. The molecule has 0 fully saturated rings. The molecule has 0 spiro atoms. The number of hydrogen-bond donors (Lipinski definition) is 2. The van der Waals surface area contributed by atoms with Gasteiger partial charge in [0.25, 0.3) is 5.69 Å². The summed E-state index contributed by atoms with van der Waals surface area (Å²) in [4.78, 5) is 23.6. The van der Waals surface area contributed by atoms with Crippen LogP contribution in [-0.2, 0) is 16.1 Å². The van der Waals surface area contributed by atoms with Gasteiger partial charge in [0, 0.05) is 28.2 Å². The number of nitrogens with zero attached hydrogens (tertiary/aromatic N) is 1. The Morgan fingerprint density at radius 3 is 2.45 bits per heavy atom. The van der Waals surface area contributed by atoms with E-state index in [4.69, 9.17) is 14.7 Å². The Balaban J connectivity index is 1.88. The van der Waals surface area contributed by atoms with E-state index >= 15 is 0 Å². The van der Waals surface area contributed by atoms with Gasteiger partial charge in [-0.2, -0.15) is 0 Å². The van der Waals surface area contributed by atoms with Gasteiger partial charge in [0.2, 0.25) is 12.5 Å². The van der Waals surface area contributed by atoms with Crippen LogP contribution < -0.4 is 10.2 Å². The first-order valence-electron chi connectivity index (χ1n) is 9.79. The fourth-order valence-corrected chi connectivity index (χ4v) is 2.94. The molecule has 0 saturated carbocycles. The molecule has 156 valence electrons. The van der Waals surface area contributed by atoms with Crippen molar-refractivity contribution in [2.24, 2.45) is 0 Å². The predicted molar refractivity (Wildman–Crippen MR) is 109 cm³/mol. The van der Waals surface area contributed by atoms with E-state index in [1.165, 1.54) is 0 Å². The average Bonchev–Trinajstić information content (AvgIpc) is 2.77. The molecule has 0 aliphatic carbocycles. The molecule has 0 aliphatic rings. The lowest BCUT2D eigenvalue weighted by Gasteiger charge is -2.14.